The maximum atomic E-state index is 12.8. The molecule has 0 unspecified atom stereocenters. The van der Waals surface area contributed by atoms with Gasteiger partial charge in [-0.25, -0.2) is 0 Å². The number of aromatic nitrogens is 2. The molecule has 2 aromatic carbocycles. The highest BCUT2D eigenvalue weighted by atomic mass is 79.9. The Bertz CT molecular complexity index is 935. The number of anilines is 1. The molecule has 1 heterocycles. The van der Waals surface area contributed by atoms with Crippen molar-refractivity contribution in [2.75, 3.05) is 19.5 Å². The number of carbonyl (C=O) groups excluding carboxylic acids is 1. The third-order valence-corrected chi connectivity index (χ3v) is 4.69. The van der Waals surface area contributed by atoms with E-state index in [4.69, 9.17) is 21.1 Å². The van der Waals surface area contributed by atoms with E-state index in [2.05, 4.69) is 26.3 Å². The minimum Gasteiger partial charge on any atom is -0.496 e. The molecule has 0 radical (unpaired) electrons. The van der Waals surface area contributed by atoms with E-state index in [1.165, 1.54) is 14.2 Å². The third kappa shape index (κ3) is 4.43. The summed E-state index contributed by atoms with van der Waals surface area (Å²) in [5.41, 5.74) is 1.35. The van der Waals surface area contributed by atoms with Crippen LogP contribution in [0.5, 0.6) is 11.5 Å². The highest BCUT2D eigenvalue weighted by molar-refractivity contribution is 9.10. The van der Waals surface area contributed by atoms with Gasteiger partial charge in [0.1, 0.15) is 17.1 Å². The monoisotopic (exact) mass is 449 g/mol. The van der Waals surface area contributed by atoms with Crippen molar-refractivity contribution < 1.29 is 14.3 Å². The van der Waals surface area contributed by atoms with Gasteiger partial charge in [0, 0.05) is 11.2 Å². The average molecular weight is 451 g/mol. The largest absolute Gasteiger partial charge is 0.496 e. The lowest BCUT2D eigenvalue weighted by Gasteiger charge is -2.12. The van der Waals surface area contributed by atoms with Crippen LogP contribution in [0.1, 0.15) is 15.9 Å². The molecule has 0 aliphatic rings. The molecule has 0 fully saturated rings. The van der Waals surface area contributed by atoms with E-state index in [0.29, 0.717) is 38.9 Å². The molecular weight excluding hydrogens is 434 g/mol. The number of benzene rings is 2. The van der Waals surface area contributed by atoms with Gasteiger partial charge in [-0.1, -0.05) is 29.8 Å². The Labute approximate surface area is 170 Å². The SMILES string of the molecule is COc1cccc(OC)c1C(=O)Nc1nn(Cc2ccc(Cl)cc2)cc1Br. The molecule has 1 N–H and O–H groups in total. The quantitative estimate of drug-likeness (QED) is 0.595. The molecule has 0 bridgehead atoms. The smallest absolute Gasteiger partial charge is 0.264 e. The number of hydrogen-bond donors (Lipinski definition) is 1. The highest BCUT2D eigenvalue weighted by Crippen LogP contribution is 2.30. The fourth-order valence-electron chi connectivity index (χ4n) is 2.58. The molecule has 1 amide bonds. The van der Waals surface area contributed by atoms with Crippen molar-refractivity contribution in [1.82, 2.24) is 9.78 Å². The summed E-state index contributed by atoms with van der Waals surface area (Å²) in [6.45, 7) is 0.545. The molecule has 8 heteroatoms. The molecule has 140 valence electrons. The van der Waals surface area contributed by atoms with Gasteiger partial charge < -0.3 is 14.8 Å². The van der Waals surface area contributed by atoms with Crippen LogP contribution in [-0.2, 0) is 6.54 Å². The molecule has 0 saturated heterocycles. The summed E-state index contributed by atoms with van der Waals surface area (Å²) in [6, 6.07) is 12.7. The van der Waals surface area contributed by atoms with Gasteiger partial charge >= 0.3 is 0 Å². The van der Waals surface area contributed by atoms with Gasteiger partial charge in [0.15, 0.2) is 5.82 Å². The zero-order chi connectivity index (χ0) is 19.4. The molecule has 0 atom stereocenters. The van der Waals surface area contributed by atoms with E-state index in [0.717, 1.165) is 5.56 Å². The molecule has 0 aliphatic carbocycles. The van der Waals surface area contributed by atoms with Crippen molar-refractivity contribution in [3.05, 3.63) is 69.3 Å². The number of methoxy groups -OCH3 is 2. The van der Waals surface area contributed by atoms with Crippen molar-refractivity contribution in [3.8, 4) is 11.5 Å². The highest BCUT2D eigenvalue weighted by Gasteiger charge is 2.20. The Hall–Kier alpha value is -2.51. The van der Waals surface area contributed by atoms with E-state index in [-0.39, 0.29) is 5.91 Å². The Morgan fingerprint density at radius 1 is 1.15 bits per heavy atom. The van der Waals surface area contributed by atoms with Crippen molar-refractivity contribution in [2.24, 2.45) is 0 Å². The van der Waals surface area contributed by atoms with Gasteiger partial charge in [-0.05, 0) is 45.8 Å². The first-order chi connectivity index (χ1) is 13.0. The van der Waals surface area contributed by atoms with Crippen LogP contribution in [0.3, 0.4) is 0 Å². The standard InChI is InChI=1S/C19H17BrClN3O3/c1-26-15-4-3-5-16(27-2)17(15)19(25)22-18-14(20)11-24(23-18)10-12-6-8-13(21)9-7-12/h3-9,11H,10H2,1-2H3,(H,22,23,25). The lowest BCUT2D eigenvalue weighted by molar-refractivity contribution is 0.102. The van der Waals surface area contributed by atoms with Crippen molar-refractivity contribution in [1.29, 1.82) is 0 Å². The Balaban J connectivity index is 1.81. The summed E-state index contributed by atoms with van der Waals surface area (Å²) < 4.78 is 13.0. The molecule has 0 spiro atoms. The van der Waals surface area contributed by atoms with Crippen LogP contribution in [0, 0.1) is 0 Å². The van der Waals surface area contributed by atoms with Crippen LogP contribution in [-0.4, -0.2) is 29.9 Å². The minimum absolute atomic E-state index is 0.307. The number of carbonyl (C=O) groups is 1. The van der Waals surface area contributed by atoms with Crippen LogP contribution in [0.4, 0.5) is 5.82 Å². The molecule has 0 saturated carbocycles. The second kappa shape index (κ2) is 8.45. The number of amides is 1. The maximum Gasteiger partial charge on any atom is 0.264 e. The molecule has 6 nitrogen and oxygen atoms in total. The number of ether oxygens (including phenoxy) is 2. The maximum absolute atomic E-state index is 12.8. The summed E-state index contributed by atoms with van der Waals surface area (Å²) in [7, 11) is 3.00. The van der Waals surface area contributed by atoms with Crippen molar-refractivity contribution >= 4 is 39.3 Å². The van der Waals surface area contributed by atoms with Crippen molar-refractivity contribution in [2.45, 2.75) is 6.54 Å². The van der Waals surface area contributed by atoms with Gasteiger partial charge in [-0.2, -0.15) is 5.10 Å². The van der Waals surface area contributed by atoms with Crippen LogP contribution >= 0.6 is 27.5 Å². The van der Waals surface area contributed by atoms with E-state index in [1.54, 1.807) is 29.1 Å². The second-order valence-corrected chi connectivity index (χ2v) is 6.93. The van der Waals surface area contributed by atoms with Gasteiger partial charge in [-0.3, -0.25) is 9.48 Å². The zero-order valence-corrected chi connectivity index (χ0v) is 17.0. The number of nitrogens with one attached hydrogen (secondary N) is 1. The fourth-order valence-corrected chi connectivity index (χ4v) is 3.13. The summed E-state index contributed by atoms with van der Waals surface area (Å²) in [4.78, 5) is 12.8. The Kier molecular flexibility index (Phi) is 6.03. The van der Waals surface area contributed by atoms with E-state index in [9.17, 15) is 4.79 Å². The summed E-state index contributed by atoms with van der Waals surface area (Å²) in [6.07, 6.45) is 1.80. The number of halogens is 2. The van der Waals surface area contributed by atoms with E-state index in [1.807, 2.05) is 24.3 Å². The van der Waals surface area contributed by atoms with E-state index < -0.39 is 0 Å². The summed E-state index contributed by atoms with van der Waals surface area (Å²) in [5.74, 6) is 0.871. The van der Waals surface area contributed by atoms with Gasteiger partial charge in [0.25, 0.3) is 5.91 Å². The molecule has 1 aromatic heterocycles. The third-order valence-electron chi connectivity index (χ3n) is 3.86. The first-order valence-electron chi connectivity index (χ1n) is 8.01. The Morgan fingerprint density at radius 3 is 2.37 bits per heavy atom. The predicted molar refractivity (Wildman–Crippen MR) is 108 cm³/mol. The molecule has 3 rings (SSSR count). The number of nitrogens with zero attached hydrogens (tertiary/aromatic N) is 2. The predicted octanol–water partition coefficient (Wildman–Crippen LogP) is 4.62. The van der Waals surface area contributed by atoms with Gasteiger partial charge in [-0.15, -0.1) is 0 Å². The van der Waals surface area contributed by atoms with E-state index >= 15 is 0 Å². The topological polar surface area (TPSA) is 65.4 Å². The molecule has 0 aliphatic heterocycles. The first kappa shape index (κ1) is 19.3. The van der Waals surface area contributed by atoms with Crippen molar-refractivity contribution in [3.63, 3.8) is 0 Å². The summed E-state index contributed by atoms with van der Waals surface area (Å²) >= 11 is 9.34. The van der Waals surface area contributed by atoms with Crippen LogP contribution in [0.15, 0.2) is 53.1 Å². The summed E-state index contributed by atoms with van der Waals surface area (Å²) in [5, 5.41) is 7.90. The fraction of sp³-hybridized carbons (Fsp3) is 0.158. The number of hydrogen-bond acceptors (Lipinski definition) is 4. The van der Waals surface area contributed by atoms with Crippen LogP contribution in [0.2, 0.25) is 5.02 Å². The van der Waals surface area contributed by atoms with Gasteiger partial charge in [0.05, 0.1) is 25.2 Å². The lowest BCUT2D eigenvalue weighted by Crippen LogP contribution is -2.15. The number of rotatable bonds is 6. The molecule has 3 aromatic rings. The second-order valence-electron chi connectivity index (χ2n) is 5.64. The first-order valence-corrected chi connectivity index (χ1v) is 9.18. The normalized spacial score (nSPS) is 10.5. The minimum atomic E-state index is -0.373. The Morgan fingerprint density at radius 2 is 1.78 bits per heavy atom. The zero-order valence-electron chi connectivity index (χ0n) is 14.7. The molecule has 27 heavy (non-hydrogen) atoms. The van der Waals surface area contributed by atoms with Crippen LogP contribution < -0.4 is 14.8 Å². The average Bonchev–Trinajstić information content (AvgIpc) is 3.01. The van der Waals surface area contributed by atoms with Crippen LogP contribution in [0.25, 0.3) is 0 Å². The lowest BCUT2D eigenvalue weighted by atomic mass is 10.1. The van der Waals surface area contributed by atoms with Gasteiger partial charge in [0.2, 0.25) is 0 Å². The molecular formula is C19H17BrClN3O3.